The predicted octanol–water partition coefficient (Wildman–Crippen LogP) is 2.07. The molecule has 3 nitrogen and oxygen atoms in total. The van der Waals surface area contributed by atoms with E-state index in [0.29, 0.717) is 0 Å². The molecule has 0 bridgehead atoms. The lowest BCUT2D eigenvalue weighted by atomic mass is 10.1. The van der Waals surface area contributed by atoms with Crippen molar-refractivity contribution in [3.8, 4) is 11.5 Å². The molecular formula is C12H19NO2. The molecule has 1 aromatic rings. The Morgan fingerprint density at radius 3 is 2.13 bits per heavy atom. The minimum absolute atomic E-state index is 0.205. The number of rotatable bonds is 5. The highest BCUT2D eigenvalue weighted by Gasteiger charge is 2.18. The van der Waals surface area contributed by atoms with Crippen LogP contribution in [0.15, 0.2) is 24.3 Å². The Bertz CT molecular complexity index is 293. The first-order valence-electron chi connectivity index (χ1n) is 5.05. The molecule has 84 valence electrons. The second-order valence-corrected chi connectivity index (χ2v) is 4.07. The van der Waals surface area contributed by atoms with Crippen molar-refractivity contribution in [3.05, 3.63) is 24.3 Å². The van der Waals surface area contributed by atoms with Crippen LogP contribution in [0.3, 0.4) is 0 Å². The van der Waals surface area contributed by atoms with Crippen LogP contribution in [0.1, 0.15) is 13.8 Å². The summed E-state index contributed by atoms with van der Waals surface area (Å²) in [6.07, 6.45) is 0. The first-order valence-corrected chi connectivity index (χ1v) is 5.05. The van der Waals surface area contributed by atoms with Gasteiger partial charge in [0.15, 0.2) is 0 Å². The number of hydrogen-bond acceptors (Lipinski definition) is 3. The van der Waals surface area contributed by atoms with E-state index in [9.17, 15) is 0 Å². The van der Waals surface area contributed by atoms with Gasteiger partial charge in [-0.15, -0.1) is 0 Å². The molecule has 1 aromatic carbocycles. The average molecular weight is 209 g/mol. The molecule has 0 aliphatic rings. The van der Waals surface area contributed by atoms with Gasteiger partial charge >= 0.3 is 0 Å². The number of benzene rings is 1. The van der Waals surface area contributed by atoms with Gasteiger partial charge in [0, 0.05) is 6.54 Å². The van der Waals surface area contributed by atoms with E-state index in [1.165, 1.54) is 0 Å². The van der Waals surface area contributed by atoms with Crippen molar-refractivity contribution in [1.29, 1.82) is 0 Å². The van der Waals surface area contributed by atoms with Crippen LogP contribution in [0, 0.1) is 0 Å². The summed E-state index contributed by atoms with van der Waals surface area (Å²) in [5.41, 5.74) is -0.205. The van der Waals surface area contributed by atoms with Crippen molar-refractivity contribution in [1.82, 2.24) is 5.32 Å². The zero-order valence-electron chi connectivity index (χ0n) is 9.83. The lowest BCUT2D eigenvalue weighted by Gasteiger charge is -2.26. The fourth-order valence-electron chi connectivity index (χ4n) is 1.42. The normalized spacial score (nSPS) is 11.2. The molecule has 0 unspecified atom stereocenters. The van der Waals surface area contributed by atoms with Crippen molar-refractivity contribution in [3.63, 3.8) is 0 Å². The van der Waals surface area contributed by atoms with Crippen LogP contribution in [0.25, 0.3) is 0 Å². The standard InChI is InChI=1S/C12H19NO2/c1-12(2,9-13-3)15-11-7-5-10(14-4)6-8-11/h5-8,13H,9H2,1-4H3. The van der Waals surface area contributed by atoms with Gasteiger partial charge in [0.1, 0.15) is 17.1 Å². The molecule has 3 heteroatoms. The lowest BCUT2D eigenvalue weighted by molar-refractivity contribution is 0.110. The van der Waals surface area contributed by atoms with Crippen molar-refractivity contribution in [2.24, 2.45) is 0 Å². The zero-order valence-corrected chi connectivity index (χ0v) is 9.83. The predicted molar refractivity (Wildman–Crippen MR) is 61.6 cm³/mol. The number of methoxy groups -OCH3 is 1. The van der Waals surface area contributed by atoms with E-state index < -0.39 is 0 Å². The van der Waals surface area contributed by atoms with Gasteiger partial charge in [-0.2, -0.15) is 0 Å². The molecule has 0 saturated heterocycles. The van der Waals surface area contributed by atoms with E-state index >= 15 is 0 Å². The molecule has 0 heterocycles. The molecule has 0 aliphatic carbocycles. The van der Waals surface area contributed by atoms with E-state index in [2.05, 4.69) is 5.32 Å². The summed E-state index contributed by atoms with van der Waals surface area (Å²) in [5, 5.41) is 3.10. The summed E-state index contributed by atoms with van der Waals surface area (Å²) < 4.78 is 10.9. The third kappa shape index (κ3) is 3.80. The SMILES string of the molecule is CNCC(C)(C)Oc1ccc(OC)cc1. The molecule has 0 saturated carbocycles. The molecule has 0 atom stereocenters. The highest BCUT2D eigenvalue weighted by atomic mass is 16.5. The largest absolute Gasteiger partial charge is 0.497 e. The Morgan fingerprint density at radius 2 is 1.67 bits per heavy atom. The fraction of sp³-hybridized carbons (Fsp3) is 0.500. The average Bonchev–Trinajstić information content (AvgIpc) is 2.18. The molecule has 0 radical (unpaired) electrons. The molecule has 0 aromatic heterocycles. The van der Waals surface area contributed by atoms with Gasteiger partial charge in [-0.3, -0.25) is 0 Å². The van der Waals surface area contributed by atoms with E-state index in [1.807, 2.05) is 45.2 Å². The molecule has 0 fully saturated rings. The van der Waals surface area contributed by atoms with E-state index in [1.54, 1.807) is 7.11 Å². The third-order valence-electron chi connectivity index (χ3n) is 2.06. The molecule has 0 aliphatic heterocycles. The summed E-state index contributed by atoms with van der Waals surface area (Å²) in [7, 11) is 3.57. The maximum Gasteiger partial charge on any atom is 0.120 e. The summed E-state index contributed by atoms with van der Waals surface area (Å²) >= 11 is 0. The maximum absolute atomic E-state index is 5.82. The molecule has 1 rings (SSSR count). The topological polar surface area (TPSA) is 30.5 Å². The van der Waals surface area contributed by atoms with Crippen molar-refractivity contribution in [2.75, 3.05) is 20.7 Å². The van der Waals surface area contributed by atoms with Crippen LogP contribution in [-0.2, 0) is 0 Å². The van der Waals surface area contributed by atoms with E-state index in [4.69, 9.17) is 9.47 Å². The van der Waals surface area contributed by atoms with Crippen LogP contribution < -0.4 is 14.8 Å². The van der Waals surface area contributed by atoms with Crippen molar-refractivity contribution >= 4 is 0 Å². The highest BCUT2D eigenvalue weighted by molar-refractivity contribution is 5.31. The monoisotopic (exact) mass is 209 g/mol. The van der Waals surface area contributed by atoms with Gasteiger partial charge < -0.3 is 14.8 Å². The van der Waals surface area contributed by atoms with Crippen LogP contribution in [0.5, 0.6) is 11.5 Å². The second-order valence-electron chi connectivity index (χ2n) is 4.07. The zero-order chi connectivity index (χ0) is 11.3. The molecular weight excluding hydrogens is 190 g/mol. The van der Waals surface area contributed by atoms with Crippen molar-refractivity contribution < 1.29 is 9.47 Å². The Labute approximate surface area is 91.4 Å². The number of ether oxygens (including phenoxy) is 2. The van der Waals surface area contributed by atoms with Gasteiger partial charge in [0.05, 0.1) is 7.11 Å². The molecule has 0 spiro atoms. The Kier molecular flexibility index (Phi) is 3.97. The van der Waals surface area contributed by atoms with Gasteiger partial charge in [0.25, 0.3) is 0 Å². The minimum atomic E-state index is -0.205. The number of likely N-dealkylation sites (N-methyl/N-ethyl adjacent to an activating group) is 1. The fourth-order valence-corrected chi connectivity index (χ4v) is 1.42. The third-order valence-corrected chi connectivity index (χ3v) is 2.06. The Hall–Kier alpha value is -1.22. The lowest BCUT2D eigenvalue weighted by Crippen LogP contribution is -2.38. The van der Waals surface area contributed by atoms with Gasteiger partial charge in [-0.1, -0.05) is 0 Å². The summed E-state index contributed by atoms with van der Waals surface area (Å²) in [6, 6.07) is 7.61. The Balaban J connectivity index is 2.64. The Morgan fingerprint density at radius 1 is 1.13 bits per heavy atom. The quantitative estimate of drug-likeness (QED) is 0.805. The van der Waals surface area contributed by atoms with Gasteiger partial charge in [-0.25, -0.2) is 0 Å². The molecule has 0 amide bonds. The number of hydrogen-bond donors (Lipinski definition) is 1. The van der Waals surface area contributed by atoms with Crippen LogP contribution in [0.4, 0.5) is 0 Å². The highest BCUT2D eigenvalue weighted by Crippen LogP contribution is 2.21. The summed E-state index contributed by atoms with van der Waals surface area (Å²) in [5.74, 6) is 1.70. The molecule has 15 heavy (non-hydrogen) atoms. The maximum atomic E-state index is 5.82. The van der Waals surface area contributed by atoms with E-state index in [-0.39, 0.29) is 5.60 Å². The van der Waals surface area contributed by atoms with Gasteiger partial charge in [0.2, 0.25) is 0 Å². The van der Waals surface area contributed by atoms with Gasteiger partial charge in [-0.05, 0) is 45.2 Å². The van der Waals surface area contributed by atoms with Crippen LogP contribution in [0.2, 0.25) is 0 Å². The smallest absolute Gasteiger partial charge is 0.120 e. The first kappa shape index (κ1) is 11.9. The summed E-state index contributed by atoms with van der Waals surface area (Å²) in [6.45, 7) is 4.90. The second kappa shape index (κ2) is 5.03. The first-order chi connectivity index (χ1) is 7.07. The minimum Gasteiger partial charge on any atom is -0.497 e. The van der Waals surface area contributed by atoms with Crippen molar-refractivity contribution in [2.45, 2.75) is 19.4 Å². The van der Waals surface area contributed by atoms with Crippen LogP contribution in [-0.4, -0.2) is 26.3 Å². The summed E-state index contributed by atoms with van der Waals surface area (Å²) in [4.78, 5) is 0. The van der Waals surface area contributed by atoms with E-state index in [0.717, 1.165) is 18.0 Å². The number of nitrogens with one attached hydrogen (secondary N) is 1. The molecule has 1 N–H and O–H groups in total. The van der Waals surface area contributed by atoms with Crippen LogP contribution >= 0.6 is 0 Å².